The van der Waals surface area contributed by atoms with Gasteiger partial charge in [0.05, 0.1) is 7.47 Å². The second-order valence-electron chi connectivity index (χ2n) is 11.4. The van der Waals surface area contributed by atoms with Gasteiger partial charge in [0.25, 0.3) is 0 Å². The molecule has 2 unspecified atom stereocenters. The van der Waals surface area contributed by atoms with Gasteiger partial charge in [0, 0.05) is 12.1 Å². The summed E-state index contributed by atoms with van der Waals surface area (Å²) in [5, 5.41) is 19.9. The summed E-state index contributed by atoms with van der Waals surface area (Å²) in [6, 6.07) is 0. The van der Waals surface area contributed by atoms with E-state index in [1.165, 1.54) is 31.3 Å². The number of hydrogen-bond acceptors (Lipinski definition) is 2. The van der Waals surface area contributed by atoms with Crippen molar-refractivity contribution in [2.45, 2.75) is 104 Å². The van der Waals surface area contributed by atoms with Gasteiger partial charge in [-0.05, 0) is 104 Å². The zero-order valence-corrected chi connectivity index (χ0v) is 18.8. The van der Waals surface area contributed by atoms with Crippen molar-refractivity contribution in [3.63, 3.8) is 0 Å². The summed E-state index contributed by atoms with van der Waals surface area (Å²) in [6.45, 7) is 2.71. The van der Waals surface area contributed by atoms with Crippen LogP contribution in [0.3, 0.4) is 0 Å². The fraction of sp³-hybridized carbons (Fsp3) is 0.926. The molecule has 2 nitrogen and oxygen atoms in total. The Hall–Kier alpha value is -0.340. The molecule has 0 bridgehead atoms. The lowest BCUT2D eigenvalue weighted by atomic mass is 9.47. The van der Waals surface area contributed by atoms with Gasteiger partial charge in [0.1, 0.15) is 0 Å². The summed E-state index contributed by atoms with van der Waals surface area (Å²) in [6.07, 6.45) is 12.9. The summed E-state index contributed by atoms with van der Waals surface area (Å²) in [4.78, 5) is 0. The summed E-state index contributed by atoms with van der Waals surface area (Å²) in [5.74, 6) is 1.14. The lowest BCUT2D eigenvalue weighted by Gasteiger charge is -2.58. The molecule has 3 fully saturated rings. The van der Waals surface area contributed by atoms with Crippen molar-refractivity contribution in [2.24, 2.45) is 46.3 Å². The normalized spacial score (nSPS) is 51.4. The van der Waals surface area contributed by atoms with E-state index in [2.05, 4.69) is 26.8 Å². The van der Waals surface area contributed by atoms with Crippen LogP contribution in [0.2, 0.25) is 0 Å². The fourth-order valence-corrected chi connectivity index (χ4v) is 8.50. The molecule has 0 aromatic rings. The Morgan fingerprint density at radius 2 is 2.03 bits per heavy atom. The first-order chi connectivity index (χ1) is 15.7. The number of hydrogen-bond donors (Lipinski definition) is 2. The molecule has 0 aliphatic heterocycles. The third-order valence-corrected chi connectivity index (χ3v) is 10.1. The SMILES string of the molecule is [2H]C(O)C([2H])(CCC[C@@H](C)[C@H]1CC[C@H]2[C@@H]3CC=C4C[C@@H](O)CC[C@]4(C)[C@H]3CC[C@]12C)C([2H])([2H])[2H]. The summed E-state index contributed by atoms with van der Waals surface area (Å²) >= 11 is 0. The minimum Gasteiger partial charge on any atom is -0.396 e. The highest BCUT2D eigenvalue weighted by Crippen LogP contribution is 2.67. The van der Waals surface area contributed by atoms with E-state index >= 15 is 0 Å². The molecule has 0 aromatic carbocycles. The third-order valence-electron chi connectivity index (χ3n) is 10.1. The van der Waals surface area contributed by atoms with Crippen LogP contribution < -0.4 is 0 Å². The lowest BCUT2D eigenvalue weighted by Crippen LogP contribution is -2.50. The van der Waals surface area contributed by atoms with E-state index in [0.717, 1.165) is 49.9 Å². The molecule has 0 amide bonds. The highest BCUT2D eigenvalue weighted by molar-refractivity contribution is 5.25. The number of aliphatic hydroxyl groups is 2. The predicted molar refractivity (Wildman–Crippen MR) is 120 cm³/mol. The van der Waals surface area contributed by atoms with Crippen LogP contribution in [0.4, 0.5) is 0 Å². The number of fused-ring (bicyclic) bond motifs is 5. The maximum Gasteiger partial charge on any atom is 0.0577 e. The van der Waals surface area contributed by atoms with Gasteiger partial charge in [-0.1, -0.05) is 52.1 Å². The van der Waals surface area contributed by atoms with E-state index in [9.17, 15) is 10.2 Å². The van der Waals surface area contributed by atoms with Crippen molar-refractivity contribution in [1.82, 2.24) is 0 Å². The molecule has 0 spiro atoms. The van der Waals surface area contributed by atoms with Crippen molar-refractivity contribution >= 4 is 0 Å². The van der Waals surface area contributed by atoms with Gasteiger partial charge in [0.15, 0.2) is 0 Å². The second-order valence-corrected chi connectivity index (χ2v) is 11.4. The molecular formula is C27H46O2. The molecule has 0 heterocycles. The van der Waals surface area contributed by atoms with Crippen molar-refractivity contribution < 1.29 is 17.1 Å². The summed E-state index contributed by atoms with van der Waals surface area (Å²) in [5.41, 5.74) is 2.09. The van der Waals surface area contributed by atoms with E-state index in [4.69, 9.17) is 6.85 Å². The molecule has 0 aromatic heterocycles. The molecular weight excluding hydrogens is 356 g/mol. The van der Waals surface area contributed by atoms with Crippen LogP contribution in [0, 0.1) is 46.3 Å². The molecule has 166 valence electrons. The monoisotopic (exact) mass is 407 g/mol. The summed E-state index contributed by atoms with van der Waals surface area (Å²) in [7, 11) is 0. The number of rotatable bonds is 6. The maximum atomic E-state index is 10.2. The van der Waals surface area contributed by atoms with Crippen molar-refractivity contribution in [3.8, 4) is 0 Å². The van der Waals surface area contributed by atoms with Crippen LogP contribution >= 0.6 is 0 Å². The average molecular weight is 408 g/mol. The smallest absolute Gasteiger partial charge is 0.0577 e. The summed E-state index contributed by atoms with van der Waals surface area (Å²) < 4.78 is 38.7. The van der Waals surface area contributed by atoms with Crippen LogP contribution in [0.25, 0.3) is 0 Å². The Balaban J connectivity index is 1.43. The van der Waals surface area contributed by atoms with Gasteiger partial charge >= 0.3 is 0 Å². The highest BCUT2D eigenvalue weighted by Gasteiger charge is 2.59. The molecule has 4 rings (SSSR count). The molecule has 0 saturated heterocycles. The third kappa shape index (κ3) is 3.75. The van der Waals surface area contributed by atoms with E-state index in [0.29, 0.717) is 23.7 Å². The van der Waals surface area contributed by atoms with E-state index in [-0.39, 0.29) is 17.9 Å². The van der Waals surface area contributed by atoms with Crippen LogP contribution in [0.5, 0.6) is 0 Å². The van der Waals surface area contributed by atoms with Gasteiger partial charge in [0.2, 0.25) is 0 Å². The van der Waals surface area contributed by atoms with E-state index < -0.39 is 19.3 Å². The molecule has 4 aliphatic carbocycles. The predicted octanol–water partition coefficient (Wildman–Crippen LogP) is 6.36. The average Bonchev–Trinajstić information content (AvgIpc) is 3.10. The van der Waals surface area contributed by atoms with Gasteiger partial charge < -0.3 is 10.2 Å². The zero-order valence-electron chi connectivity index (χ0n) is 23.8. The standard InChI is InChI=1S/C27H46O2/c1-18(17-28)6-5-7-19(2)23-10-11-24-22-9-8-20-16-21(29)12-14-26(20,3)25(22)13-15-27(23,24)4/h8,18-19,21-25,28-29H,5-7,9-17H2,1-4H3/t18?,19-,21+,22+,23-,24+,25+,26+,27-/m1/s1/i1D3,17D,18D/t17?,18?,19-,21+,22+,23-,24+,25+,26+,27-. The molecule has 10 atom stereocenters. The lowest BCUT2D eigenvalue weighted by molar-refractivity contribution is -0.0573. The number of aliphatic hydroxyl groups excluding tert-OH is 2. The van der Waals surface area contributed by atoms with Gasteiger partial charge in [-0.25, -0.2) is 0 Å². The minimum atomic E-state index is -2.65. The molecule has 2 N–H and O–H groups in total. The Morgan fingerprint density at radius 3 is 2.79 bits per heavy atom. The van der Waals surface area contributed by atoms with Crippen LogP contribution in [0.15, 0.2) is 11.6 Å². The highest BCUT2D eigenvalue weighted by atomic mass is 16.3. The Bertz CT molecular complexity index is 781. The van der Waals surface area contributed by atoms with Gasteiger partial charge in [-0.3, -0.25) is 0 Å². The second kappa shape index (κ2) is 8.30. The molecule has 29 heavy (non-hydrogen) atoms. The van der Waals surface area contributed by atoms with Crippen LogP contribution in [-0.4, -0.2) is 22.9 Å². The van der Waals surface area contributed by atoms with E-state index in [1.807, 2.05) is 0 Å². The first kappa shape index (κ1) is 16.3. The van der Waals surface area contributed by atoms with E-state index in [1.54, 1.807) is 0 Å². The largest absolute Gasteiger partial charge is 0.396 e. The van der Waals surface area contributed by atoms with Crippen LogP contribution in [0.1, 0.15) is 105 Å². The first-order valence-corrected chi connectivity index (χ1v) is 12.2. The quantitative estimate of drug-likeness (QED) is 0.503. The van der Waals surface area contributed by atoms with Crippen molar-refractivity contribution in [2.75, 3.05) is 6.58 Å². The van der Waals surface area contributed by atoms with Gasteiger partial charge in [-0.15, -0.1) is 0 Å². The Kier molecular flexibility index (Phi) is 4.67. The molecule has 3 saturated carbocycles. The van der Waals surface area contributed by atoms with Gasteiger partial charge in [-0.2, -0.15) is 0 Å². The minimum absolute atomic E-state index is 0.0356. The zero-order chi connectivity index (χ0) is 25.1. The fourth-order valence-electron chi connectivity index (χ4n) is 8.50. The molecule has 0 radical (unpaired) electrons. The number of allylic oxidation sites excluding steroid dienone is 1. The molecule has 2 heteroatoms. The topological polar surface area (TPSA) is 40.5 Å². The maximum absolute atomic E-state index is 10.2. The first-order valence-electron chi connectivity index (χ1n) is 14.8. The molecule has 4 aliphatic rings. The Labute approximate surface area is 186 Å². The van der Waals surface area contributed by atoms with Crippen molar-refractivity contribution in [1.29, 1.82) is 0 Å². The van der Waals surface area contributed by atoms with Crippen molar-refractivity contribution in [3.05, 3.63) is 11.6 Å². The Morgan fingerprint density at radius 1 is 1.21 bits per heavy atom. The van der Waals surface area contributed by atoms with Crippen LogP contribution in [-0.2, 0) is 0 Å².